The molecule has 1 aliphatic rings. The molecule has 1 aliphatic heterocycles. The molecule has 9 heteroatoms. The monoisotopic (exact) mass is 482 g/mol. The third kappa shape index (κ3) is 4.03. The summed E-state index contributed by atoms with van der Waals surface area (Å²) in [6.07, 6.45) is 0. The Kier molecular flexibility index (Phi) is 6.60. The molecule has 1 aromatic carbocycles. The number of rotatable bonds is 7. The maximum atomic E-state index is 13.7. The Morgan fingerprint density at radius 2 is 1.94 bits per heavy atom. The Labute approximate surface area is 202 Å². The minimum atomic E-state index is -0.766. The molecule has 1 amide bonds. The van der Waals surface area contributed by atoms with Gasteiger partial charge in [0.2, 0.25) is 0 Å². The average Bonchev–Trinajstić information content (AvgIpc) is 3.12. The van der Waals surface area contributed by atoms with E-state index in [4.69, 9.17) is 9.72 Å². The number of aromatic nitrogens is 2. The van der Waals surface area contributed by atoms with Crippen LogP contribution in [-0.2, 0) is 11.3 Å². The Morgan fingerprint density at radius 3 is 2.62 bits per heavy atom. The fraction of sp³-hybridized carbons (Fsp3) is 0.440. The SMILES string of the molecule is CCN(CC)Cc1nc2sc(C)c(C)c2c(=O)n1C(C)C(=O)c1ccc2c(c1)N(C)C(=O)CO2. The van der Waals surface area contributed by atoms with Crippen molar-refractivity contribution in [3.05, 3.63) is 50.4 Å². The fourth-order valence-electron chi connectivity index (χ4n) is 4.29. The first-order valence-electron chi connectivity index (χ1n) is 11.5. The number of thiophene rings is 1. The Morgan fingerprint density at radius 1 is 1.24 bits per heavy atom. The molecule has 2 aromatic heterocycles. The predicted octanol–water partition coefficient (Wildman–Crippen LogP) is 3.72. The molecule has 8 nitrogen and oxygen atoms in total. The normalized spacial score (nSPS) is 14.4. The van der Waals surface area contributed by atoms with Gasteiger partial charge in [0, 0.05) is 17.5 Å². The number of aryl methyl sites for hydroxylation is 2. The number of likely N-dealkylation sites (N-methyl/N-ethyl adjacent to an activating group) is 1. The molecule has 0 N–H and O–H groups in total. The molecule has 0 aliphatic carbocycles. The zero-order chi connectivity index (χ0) is 24.7. The van der Waals surface area contributed by atoms with Gasteiger partial charge in [-0.05, 0) is 57.6 Å². The number of hydrogen-bond donors (Lipinski definition) is 0. The largest absolute Gasteiger partial charge is 0.482 e. The maximum absolute atomic E-state index is 13.7. The number of hydrogen-bond acceptors (Lipinski definition) is 7. The van der Waals surface area contributed by atoms with Gasteiger partial charge in [-0.15, -0.1) is 11.3 Å². The summed E-state index contributed by atoms with van der Waals surface area (Å²) in [4.78, 5) is 49.7. The van der Waals surface area contributed by atoms with Crippen LogP contribution in [0.25, 0.3) is 10.2 Å². The average molecular weight is 483 g/mol. The van der Waals surface area contributed by atoms with E-state index in [0.29, 0.717) is 39.6 Å². The lowest BCUT2D eigenvalue weighted by atomic mass is 10.0. The number of ketones is 1. The number of carbonyl (C=O) groups is 2. The van der Waals surface area contributed by atoms with E-state index < -0.39 is 6.04 Å². The van der Waals surface area contributed by atoms with Gasteiger partial charge in [0.25, 0.3) is 11.5 Å². The lowest BCUT2D eigenvalue weighted by Gasteiger charge is -2.27. The van der Waals surface area contributed by atoms with Crippen LogP contribution in [0.2, 0.25) is 0 Å². The number of fused-ring (bicyclic) bond motifs is 2. The first-order chi connectivity index (χ1) is 16.2. The minimum absolute atomic E-state index is 0.0254. The van der Waals surface area contributed by atoms with Crippen LogP contribution < -0.4 is 15.2 Å². The molecule has 34 heavy (non-hydrogen) atoms. The summed E-state index contributed by atoms with van der Waals surface area (Å²) in [6, 6.07) is 4.28. The predicted molar refractivity (Wildman–Crippen MR) is 134 cm³/mol. The van der Waals surface area contributed by atoms with Crippen LogP contribution in [0.5, 0.6) is 5.75 Å². The number of Topliss-reactive ketones (excluding diaryl/α,β-unsaturated/α-hetero) is 1. The number of amides is 1. The van der Waals surface area contributed by atoms with Gasteiger partial charge in [0.1, 0.15) is 16.4 Å². The number of anilines is 1. The van der Waals surface area contributed by atoms with Crippen LogP contribution in [0.15, 0.2) is 23.0 Å². The molecular weight excluding hydrogens is 452 g/mol. The van der Waals surface area contributed by atoms with Crippen LogP contribution in [0.4, 0.5) is 5.69 Å². The van der Waals surface area contributed by atoms with E-state index in [1.54, 1.807) is 36.7 Å². The summed E-state index contributed by atoms with van der Waals surface area (Å²) in [6.45, 7) is 11.8. The van der Waals surface area contributed by atoms with Crippen LogP contribution in [0.3, 0.4) is 0 Å². The zero-order valence-corrected chi connectivity index (χ0v) is 21.3. The van der Waals surface area contributed by atoms with E-state index in [1.165, 1.54) is 16.2 Å². The van der Waals surface area contributed by atoms with Gasteiger partial charge in [-0.25, -0.2) is 4.98 Å². The number of ether oxygens (including phenoxy) is 1. The van der Waals surface area contributed by atoms with Crippen molar-refractivity contribution in [1.82, 2.24) is 14.5 Å². The van der Waals surface area contributed by atoms with Crippen molar-refractivity contribution in [2.24, 2.45) is 0 Å². The summed E-state index contributed by atoms with van der Waals surface area (Å²) in [5, 5.41) is 0.578. The molecule has 0 bridgehead atoms. The summed E-state index contributed by atoms with van der Waals surface area (Å²) in [7, 11) is 1.66. The Hall–Kier alpha value is -3.04. The van der Waals surface area contributed by atoms with Crippen molar-refractivity contribution in [1.29, 1.82) is 0 Å². The topological polar surface area (TPSA) is 84.7 Å². The number of carbonyl (C=O) groups excluding carboxylic acids is 2. The zero-order valence-electron chi connectivity index (χ0n) is 20.5. The second-order valence-electron chi connectivity index (χ2n) is 8.59. The second kappa shape index (κ2) is 9.31. The van der Waals surface area contributed by atoms with Gasteiger partial charge in [-0.3, -0.25) is 23.9 Å². The number of nitrogens with zero attached hydrogens (tertiary/aromatic N) is 4. The van der Waals surface area contributed by atoms with Crippen LogP contribution in [0, 0.1) is 13.8 Å². The molecule has 0 radical (unpaired) electrons. The first-order valence-corrected chi connectivity index (χ1v) is 12.3. The molecule has 0 fully saturated rings. The van der Waals surface area contributed by atoms with Crippen molar-refractivity contribution in [3.8, 4) is 5.75 Å². The third-order valence-corrected chi connectivity index (χ3v) is 7.77. The first kappa shape index (κ1) is 24.1. The maximum Gasteiger partial charge on any atom is 0.264 e. The molecule has 3 heterocycles. The molecule has 180 valence electrons. The number of benzene rings is 1. The van der Waals surface area contributed by atoms with Gasteiger partial charge in [-0.2, -0.15) is 0 Å². The van der Waals surface area contributed by atoms with Gasteiger partial charge < -0.3 is 9.64 Å². The van der Waals surface area contributed by atoms with E-state index in [2.05, 4.69) is 18.7 Å². The van der Waals surface area contributed by atoms with Crippen LogP contribution >= 0.6 is 11.3 Å². The van der Waals surface area contributed by atoms with Crippen LogP contribution in [-0.4, -0.2) is 52.9 Å². The van der Waals surface area contributed by atoms with Crippen molar-refractivity contribution in [3.63, 3.8) is 0 Å². The van der Waals surface area contributed by atoms with E-state index in [0.717, 1.165) is 23.5 Å². The molecule has 0 spiro atoms. The summed E-state index contributed by atoms with van der Waals surface area (Å²) >= 11 is 1.51. The Balaban J connectivity index is 1.82. The third-order valence-electron chi connectivity index (χ3n) is 6.66. The van der Waals surface area contributed by atoms with E-state index in [1.807, 2.05) is 13.8 Å². The van der Waals surface area contributed by atoms with E-state index in [9.17, 15) is 14.4 Å². The van der Waals surface area contributed by atoms with Gasteiger partial charge in [-0.1, -0.05) is 13.8 Å². The highest BCUT2D eigenvalue weighted by atomic mass is 32.1. The molecule has 0 saturated heterocycles. The van der Waals surface area contributed by atoms with E-state index >= 15 is 0 Å². The van der Waals surface area contributed by atoms with Crippen molar-refractivity contribution < 1.29 is 14.3 Å². The van der Waals surface area contributed by atoms with Crippen molar-refractivity contribution in [2.45, 2.75) is 47.2 Å². The Bertz CT molecular complexity index is 1340. The molecule has 4 rings (SSSR count). The van der Waals surface area contributed by atoms with E-state index in [-0.39, 0.29) is 23.9 Å². The second-order valence-corrected chi connectivity index (χ2v) is 9.80. The van der Waals surface area contributed by atoms with Crippen molar-refractivity contribution in [2.75, 3.05) is 31.6 Å². The molecular formula is C25H30N4O4S. The molecule has 0 saturated carbocycles. The lowest BCUT2D eigenvalue weighted by Crippen LogP contribution is -2.36. The highest BCUT2D eigenvalue weighted by molar-refractivity contribution is 7.18. The fourth-order valence-corrected chi connectivity index (χ4v) is 5.33. The van der Waals surface area contributed by atoms with Crippen molar-refractivity contribution >= 4 is 38.9 Å². The van der Waals surface area contributed by atoms with Gasteiger partial charge >= 0.3 is 0 Å². The quantitative estimate of drug-likeness (QED) is 0.477. The highest BCUT2D eigenvalue weighted by Gasteiger charge is 2.28. The minimum Gasteiger partial charge on any atom is -0.482 e. The smallest absolute Gasteiger partial charge is 0.264 e. The standard InChI is InChI=1S/C25H30N4O4S/c1-7-28(8-2)12-20-26-24-22(14(3)16(5)34-24)25(32)29(20)15(4)23(31)17-9-10-19-18(11-17)27(6)21(30)13-33-19/h9-11,15H,7-8,12-13H2,1-6H3. The molecule has 1 atom stereocenters. The van der Waals surface area contributed by atoms with Gasteiger partial charge in [0.05, 0.1) is 23.7 Å². The van der Waals surface area contributed by atoms with Gasteiger partial charge in [0.15, 0.2) is 12.4 Å². The summed E-state index contributed by atoms with van der Waals surface area (Å²) in [5.41, 5.74) is 1.67. The molecule has 3 aromatic rings. The molecule has 1 unspecified atom stereocenters. The highest BCUT2D eigenvalue weighted by Crippen LogP contribution is 2.33. The summed E-state index contributed by atoms with van der Waals surface area (Å²) < 4.78 is 7.03. The summed E-state index contributed by atoms with van der Waals surface area (Å²) in [5.74, 6) is 0.735. The van der Waals surface area contributed by atoms with Crippen LogP contribution in [0.1, 0.15) is 53.4 Å². The lowest BCUT2D eigenvalue weighted by molar-refractivity contribution is -0.120.